The van der Waals surface area contributed by atoms with Crippen molar-refractivity contribution in [2.75, 3.05) is 5.32 Å². The van der Waals surface area contributed by atoms with Crippen molar-refractivity contribution in [3.63, 3.8) is 0 Å². The minimum atomic E-state index is -0.537. The quantitative estimate of drug-likeness (QED) is 0.592. The van der Waals surface area contributed by atoms with E-state index < -0.39 is 5.54 Å². The number of rotatable bonds is 3. The molecule has 20 heavy (non-hydrogen) atoms. The number of nitrogens with two attached hydrogens (primary N) is 1. The number of para-hydroxylation sites is 1. The number of hydrogen-bond acceptors (Lipinski definition) is 2. The van der Waals surface area contributed by atoms with E-state index in [1.807, 2.05) is 30.3 Å². The van der Waals surface area contributed by atoms with E-state index in [1.54, 1.807) is 0 Å². The van der Waals surface area contributed by atoms with Crippen LogP contribution in [0.15, 0.2) is 30.3 Å². The molecule has 4 nitrogen and oxygen atoms in total. The molecule has 1 aliphatic rings. The summed E-state index contributed by atoms with van der Waals surface area (Å²) < 4.78 is 0. The molecule has 1 fully saturated rings. The van der Waals surface area contributed by atoms with Crippen LogP contribution in [0.4, 0.5) is 10.5 Å². The fourth-order valence-corrected chi connectivity index (χ4v) is 2.92. The van der Waals surface area contributed by atoms with Crippen LogP contribution in [-0.4, -0.2) is 16.6 Å². The van der Waals surface area contributed by atoms with Gasteiger partial charge in [0, 0.05) is 5.69 Å². The smallest absolute Gasteiger partial charge is 0.320 e. The molecule has 0 aliphatic heterocycles. The third-order valence-electron chi connectivity index (χ3n) is 3.81. The van der Waals surface area contributed by atoms with E-state index in [9.17, 15) is 4.79 Å². The standard InChI is InChI=1S/C15H21N3OS/c16-13(20)15(10-6-1-2-7-11-15)18-14(19)17-12-8-4-3-5-9-12/h3-5,8-9H,1-2,6-7,10-11H2,(H2,16,20)(H2,17,18,19). The maximum Gasteiger partial charge on any atom is 0.320 e. The number of benzene rings is 1. The Morgan fingerprint density at radius 1 is 1.10 bits per heavy atom. The Kier molecular flexibility index (Phi) is 4.95. The minimum absolute atomic E-state index is 0.245. The van der Waals surface area contributed by atoms with Gasteiger partial charge in [0.1, 0.15) is 0 Å². The summed E-state index contributed by atoms with van der Waals surface area (Å²) in [5.74, 6) is 0. The molecule has 1 aliphatic carbocycles. The normalized spacial score (nSPS) is 17.8. The summed E-state index contributed by atoms with van der Waals surface area (Å²) >= 11 is 5.21. The molecule has 4 N–H and O–H groups in total. The van der Waals surface area contributed by atoms with Crippen LogP contribution < -0.4 is 16.4 Å². The number of amides is 2. The van der Waals surface area contributed by atoms with Gasteiger partial charge in [-0.05, 0) is 25.0 Å². The summed E-state index contributed by atoms with van der Waals surface area (Å²) in [6.07, 6.45) is 6.08. The van der Waals surface area contributed by atoms with E-state index in [-0.39, 0.29) is 6.03 Å². The molecule has 0 bridgehead atoms. The van der Waals surface area contributed by atoms with Gasteiger partial charge in [0.25, 0.3) is 0 Å². The van der Waals surface area contributed by atoms with Gasteiger partial charge in [0.05, 0.1) is 10.5 Å². The number of urea groups is 1. The summed E-state index contributed by atoms with van der Waals surface area (Å²) in [5.41, 5.74) is 6.13. The topological polar surface area (TPSA) is 67.1 Å². The molecule has 1 aromatic rings. The number of anilines is 1. The second-order valence-corrected chi connectivity index (χ2v) is 5.75. The van der Waals surface area contributed by atoms with E-state index >= 15 is 0 Å². The molecule has 5 heteroatoms. The van der Waals surface area contributed by atoms with E-state index in [0.29, 0.717) is 4.99 Å². The summed E-state index contributed by atoms with van der Waals surface area (Å²) in [7, 11) is 0. The summed E-state index contributed by atoms with van der Waals surface area (Å²) in [6.45, 7) is 0. The third kappa shape index (κ3) is 3.70. The van der Waals surface area contributed by atoms with Gasteiger partial charge in [0.15, 0.2) is 0 Å². The Bertz CT molecular complexity index is 467. The molecule has 2 amide bonds. The van der Waals surface area contributed by atoms with Crippen molar-refractivity contribution in [1.29, 1.82) is 0 Å². The lowest BCUT2D eigenvalue weighted by Gasteiger charge is -2.32. The predicted octanol–water partition coefficient (Wildman–Crippen LogP) is 3.19. The number of carbonyl (C=O) groups is 1. The molecule has 1 aromatic carbocycles. The maximum absolute atomic E-state index is 12.2. The Morgan fingerprint density at radius 3 is 2.25 bits per heavy atom. The molecule has 0 aromatic heterocycles. The van der Waals surface area contributed by atoms with Crippen molar-refractivity contribution in [2.45, 2.75) is 44.1 Å². The average molecular weight is 291 g/mol. The second kappa shape index (κ2) is 6.70. The van der Waals surface area contributed by atoms with Gasteiger partial charge < -0.3 is 16.4 Å². The molecular formula is C15H21N3OS. The van der Waals surface area contributed by atoms with Crippen molar-refractivity contribution in [2.24, 2.45) is 5.73 Å². The van der Waals surface area contributed by atoms with Gasteiger partial charge in [-0.15, -0.1) is 0 Å². The Labute approximate surface area is 125 Å². The molecule has 0 heterocycles. The highest BCUT2D eigenvalue weighted by Crippen LogP contribution is 2.27. The molecule has 0 spiro atoms. The Hall–Kier alpha value is -1.62. The Morgan fingerprint density at radius 2 is 1.70 bits per heavy atom. The SMILES string of the molecule is NC(=S)C1(NC(=O)Nc2ccccc2)CCCCCC1. The molecule has 0 unspecified atom stereocenters. The largest absolute Gasteiger partial charge is 0.391 e. The van der Waals surface area contributed by atoms with Crippen LogP contribution in [0.1, 0.15) is 38.5 Å². The first-order valence-electron chi connectivity index (χ1n) is 7.06. The molecule has 2 rings (SSSR count). The van der Waals surface area contributed by atoms with Gasteiger partial charge in [-0.2, -0.15) is 0 Å². The van der Waals surface area contributed by atoms with E-state index in [2.05, 4.69) is 10.6 Å². The number of nitrogens with one attached hydrogen (secondary N) is 2. The predicted molar refractivity (Wildman–Crippen MR) is 85.8 cm³/mol. The first-order chi connectivity index (χ1) is 9.62. The number of carbonyl (C=O) groups excluding carboxylic acids is 1. The minimum Gasteiger partial charge on any atom is -0.391 e. The van der Waals surface area contributed by atoms with E-state index in [4.69, 9.17) is 18.0 Å². The van der Waals surface area contributed by atoms with Crippen LogP contribution in [0.2, 0.25) is 0 Å². The van der Waals surface area contributed by atoms with E-state index in [0.717, 1.165) is 31.4 Å². The molecular weight excluding hydrogens is 270 g/mol. The fraction of sp³-hybridized carbons (Fsp3) is 0.467. The van der Waals surface area contributed by atoms with Crippen LogP contribution in [0.5, 0.6) is 0 Å². The molecule has 0 atom stereocenters. The zero-order valence-corrected chi connectivity index (χ0v) is 12.3. The highest BCUT2D eigenvalue weighted by molar-refractivity contribution is 7.80. The first kappa shape index (κ1) is 14.8. The fourth-order valence-electron chi connectivity index (χ4n) is 2.67. The summed E-state index contributed by atoms with van der Waals surface area (Å²) in [4.78, 5) is 12.6. The van der Waals surface area contributed by atoms with Gasteiger partial charge in [0.2, 0.25) is 0 Å². The third-order valence-corrected chi connectivity index (χ3v) is 4.20. The van der Waals surface area contributed by atoms with Crippen molar-refractivity contribution in [1.82, 2.24) is 5.32 Å². The number of hydrogen-bond donors (Lipinski definition) is 3. The van der Waals surface area contributed by atoms with Gasteiger partial charge in [-0.25, -0.2) is 4.79 Å². The Balaban J connectivity index is 2.04. The van der Waals surface area contributed by atoms with Crippen molar-refractivity contribution in [3.8, 4) is 0 Å². The van der Waals surface area contributed by atoms with Crippen LogP contribution in [-0.2, 0) is 0 Å². The lowest BCUT2D eigenvalue weighted by molar-refractivity contribution is 0.242. The van der Waals surface area contributed by atoms with Crippen LogP contribution in [0, 0.1) is 0 Å². The highest BCUT2D eigenvalue weighted by Gasteiger charge is 2.35. The monoisotopic (exact) mass is 291 g/mol. The van der Waals surface area contributed by atoms with Gasteiger partial charge >= 0.3 is 6.03 Å². The maximum atomic E-state index is 12.2. The summed E-state index contributed by atoms with van der Waals surface area (Å²) in [6, 6.07) is 9.12. The first-order valence-corrected chi connectivity index (χ1v) is 7.47. The van der Waals surface area contributed by atoms with Crippen LogP contribution >= 0.6 is 12.2 Å². The molecule has 0 radical (unpaired) electrons. The zero-order valence-electron chi connectivity index (χ0n) is 11.5. The number of thiocarbonyl (C=S) groups is 1. The summed E-state index contributed by atoms with van der Waals surface area (Å²) in [5, 5.41) is 5.83. The van der Waals surface area contributed by atoms with Gasteiger partial charge in [-0.3, -0.25) is 0 Å². The van der Waals surface area contributed by atoms with Crippen LogP contribution in [0.3, 0.4) is 0 Å². The van der Waals surface area contributed by atoms with E-state index in [1.165, 1.54) is 12.8 Å². The highest BCUT2D eigenvalue weighted by atomic mass is 32.1. The average Bonchev–Trinajstić information content (AvgIpc) is 2.66. The lowest BCUT2D eigenvalue weighted by atomic mass is 9.90. The van der Waals surface area contributed by atoms with Crippen molar-refractivity contribution >= 4 is 28.9 Å². The molecule has 0 saturated heterocycles. The second-order valence-electron chi connectivity index (χ2n) is 5.31. The zero-order chi connectivity index (χ0) is 14.4. The van der Waals surface area contributed by atoms with Gasteiger partial charge in [-0.1, -0.05) is 56.1 Å². The van der Waals surface area contributed by atoms with Crippen molar-refractivity contribution in [3.05, 3.63) is 30.3 Å². The molecule has 108 valence electrons. The molecule has 1 saturated carbocycles. The van der Waals surface area contributed by atoms with Crippen molar-refractivity contribution < 1.29 is 4.79 Å². The lowest BCUT2D eigenvalue weighted by Crippen LogP contribution is -2.57. The van der Waals surface area contributed by atoms with Crippen LogP contribution in [0.25, 0.3) is 0 Å².